The van der Waals surface area contributed by atoms with Crippen molar-refractivity contribution in [1.82, 2.24) is 25.5 Å². The predicted molar refractivity (Wildman–Crippen MR) is 131 cm³/mol. The molecule has 3 fully saturated rings. The maximum absolute atomic E-state index is 13.0. The minimum atomic E-state index is -0.583. The van der Waals surface area contributed by atoms with Gasteiger partial charge in [0.15, 0.2) is 0 Å². The molecule has 4 rings (SSSR count). The Labute approximate surface area is 208 Å². The largest absolute Gasteiger partial charge is 0.392 e. The third-order valence-corrected chi connectivity index (χ3v) is 8.89. The van der Waals surface area contributed by atoms with Crippen LogP contribution in [-0.2, 0) is 9.53 Å². The minimum absolute atomic E-state index is 0.00957. The summed E-state index contributed by atoms with van der Waals surface area (Å²) in [6, 6.07) is -0.0476. The number of rotatable bonds is 7. The van der Waals surface area contributed by atoms with Crippen LogP contribution in [0.5, 0.6) is 0 Å². The van der Waals surface area contributed by atoms with E-state index in [0.29, 0.717) is 12.2 Å². The molecule has 0 aromatic carbocycles. The number of morpholine rings is 1. The van der Waals surface area contributed by atoms with Crippen LogP contribution < -0.4 is 10.6 Å². The van der Waals surface area contributed by atoms with E-state index in [-0.39, 0.29) is 46.9 Å². The van der Waals surface area contributed by atoms with Crippen molar-refractivity contribution in [2.75, 3.05) is 39.4 Å². The molecule has 0 radical (unpaired) electrons. The lowest BCUT2D eigenvalue weighted by Gasteiger charge is -2.56. The van der Waals surface area contributed by atoms with Crippen molar-refractivity contribution in [3.05, 3.63) is 24.3 Å². The van der Waals surface area contributed by atoms with Gasteiger partial charge >= 0.3 is 0 Å². The summed E-state index contributed by atoms with van der Waals surface area (Å²) in [6.45, 7) is 11.1. The van der Waals surface area contributed by atoms with E-state index < -0.39 is 6.10 Å². The SMILES string of the molecule is CC(C(=O)NCCN1CCOCC1)C1CCC2(C)CCC(NC(=O)c3cnccn3)C(C)C2C1O. The second-order valence-electron chi connectivity index (χ2n) is 11.0. The standard InChI is InChI=1S/C26H41N5O4/c1-17(24(33)29-10-11-31-12-14-35-15-13-31)19-4-6-26(3)7-5-20(18(2)22(26)23(19)32)30-25(34)21-16-27-8-9-28-21/h8-9,16-20,22-23,32H,4-7,10-15H2,1-3H3,(H,29,33)(H,30,34). The van der Waals surface area contributed by atoms with Crippen molar-refractivity contribution in [2.24, 2.45) is 29.1 Å². The highest BCUT2D eigenvalue weighted by molar-refractivity contribution is 5.92. The summed E-state index contributed by atoms with van der Waals surface area (Å²) < 4.78 is 5.38. The molecular formula is C26H41N5O4. The lowest BCUT2D eigenvalue weighted by Crippen LogP contribution is -2.58. The predicted octanol–water partition coefficient (Wildman–Crippen LogP) is 1.48. The summed E-state index contributed by atoms with van der Waals surface area (Å²) in [5, 5.41) is 17.8. The van der Waals surface area contributed by atoms with Gasteiger partial charge < -0.3 is 20.5 Å². The van der Waals surface area contributed by atoms with E-state index in [9.17, 15) is 14.7 Å². The molecule has 1 aromatic heterocycles. The van der Waals surface area contributed by atoms with Crippen LogP contribution >= 0.6 is 0 Å². The van der Waals surface area contributed by atoms with Crippen LogP contribution in [-0.4, -0.2) is 83.3 Å². The van der Waals surface area contributed by atoms with E-state index in [0.717, 1.165) is 58.5 Å². The molecule has 2 aliphatic carbocycles. The Morgan fingerprint density at radius 1 is 1.26 bits per heavy atom. The number of carbonyl (C=O) groups excluding carboxylic acids is 2. The van der Waals surface area contributed by atoms with Crippen molar-refractivity contribution in [3.8, 4) is 0 Å². The molecule has 194 valence electrons. The number of aliphatic hydroxyl groups excluding tert-OH is 1. The van der Waals surface area contributed by atoms with E-state index >= 15 is 0 Å². The minimum Gasteiger partial charge on any atom is -0.392 e. The second-order valence-corrected chi connectivity index (χ2v) is 11.0. The summed E-state index contributed by atoms with van der Waals surface area (Å²) in [7, 11) is 0. The van der Waals surface area contributed by atoms with Crippen molar-refractivity contribution in [1.29, 1.82) is 0 Å². The molecule has 9 nitrogen and oxygen atoms in total. The average molecular weight is 488 g/mol. The van der Waals surface area contributed by atoms with Crippen LogP contribution in [0.1, 0.15) is 56.9 Å². The van der Waals surface area contributed by atoms with Crippen LogP contribution in [0.15, 0.2) is 18.6 Å². The molecule has 1 saturated heterocycles. The normalized spacial score (nSPS) is 34.5. The highest BCUT2D eigenvalue weighted by Gasteiger charge is 2.53. The van der Waals surface area contributed by atoms with E-state index in [2.05, 4.69) is 39.3 Å². The molecule has 1 aromatic rings. The summed E-state index contributed by atoms with van der Waals surface area (Å²) in [5.74, 6) is -0.459. The number of aromatic nitrogens is 2. The molecule has 7 atom stereocenters. The second kappa shape index (κ2) is 11.3. The third-order valence-electron chi connectivity index (χ3n) is 8.89. The molecule has 1 aliphatic heterocycles. The van der Waals surface area contributed by atoms with Crippen LogP contribution in [0.2, 0.25) is 0 Å². The number of carbonyl (C=O) groups is 2. The molecule has 2 amide bonds. The van der Waals surface area contributed by atoms with Crippen molar-refractivity contribution in [3.63, 3.8) is 0 Å². The maximum Gasteiger partial charge on any atom is 0.271 e. The van der Waals surface area contributed by atoms with Gasteiger partial charge in [-0.25, -0.2) is 4.98 Å². The Morgan fingerprint density at radius 2 is 2.00 bits per heavy atom. The number of hydrogen-bond acceptors (Lipinski definition) is 7. The molecule has 3 N–H and O–H groups in total. The summed E-state index contributed by atoms with van der Waals surface area (Å²) in [5.41, 5.74) is 0.313. The van der Waals surface area contributed by atoms with Crippen LogP contribution in [0.25, 0.3) is 0 Å². The lowest BCUT2D eigenvalue weighted by atomic mass is 9.51. The fourth-order valence-electron chi connectivity index (χ4n) is 6.67. The summed E-state index contributed by atoms with van der Waals surface area (Å²) >= 11 is 0. The number of hydrogen-bond donors (Lipinski definition) is 3. The van der Waals surface area contributed by atoms with Gasteiger partial charge in [-0.3, -0.25) is 19.5 Å². The molecule has 0 bridgehead atoms. The van der Waals surface area contributed by atoms with Gasteiger partial charge in [0.1, 0.15) is 5.69 Å². The lowest BCUT2D eigenvalue weighted by molar-refractivity contribution is -0.142. The first-order valence-electron chi connectivity index (χ1n) is 13.1. The van der Waals surface area contributed by atoms with Crippen molar-refractivity contribution < 1.29 is 19.4 Å². The molecule has 9 heteroatoms. The number of nitrogens with zero attached hydrogens (tertiary/aromatic N) is 3. The number of ether oxygens (including phenoxy) is 1. The quantitative estimate of drug-likeness (QED) is 0.533. The highest BCUT2D eigenvalue weighted by atomic mass is 16.5. The Hall–Kier alpha value is -2.10. The van der Waals surface area contributed by atoms with Gasteiger partial charge in [0, 0.05) is 50.5 Å². The molecule has 2 heterocycles. The zero-order valence-electron chi connectivity index (χ0n) is 21.3. The average Bonchev–Trinajstić information content (AvgIpc) is 2.86. The van der Waals surface area contributed by atoms with Gasteiger partial charge in [-0.05, 0) is 48.9 Å². The van der Waals surface area contributed by atoms with Gasteiger partial charge in [0.25, 0.3) is 5.91 Å². The van der Waals surface area contributed by atoms with Gasteiger partial charge in [-0.1, -0.05) is 20.8 Å². The Balaban J connectivity index is 1.36. The molecule has 35 heavy (non-hydrogen) atoms. The van der Waals surface area contributed by atoms with Gasteiger partial charge in [-0.15, -0.1) is 0 Å². The fraction of sp³-hybridized carbons (Fsp3) is 0.769. The molecule has 2 saturated carbocycles. The summed E-state index contributed by atoms with van der Waals surface area (Å²) in [6.07, 6.45) is 7.59. The Bertz CT molecular complexity index is 865. The monoisotopic (exact) mass is 487 g/mol. The number of fused-ring (bicyclic) bond motifs is 1. The highest BCUT2D eigenvalue weighted by Crippen LogP contribution is 2.55. The molecule has 3 aliphatic rings. The fourth-order valence-corrected chi connectivity index (χ4v) is 6.67. The van der Waals surface area contributed by atoms with Crippen LogP contribution in [0, 0.1) is 29.1 Å². The zero-order valence-corrected chi connectivity index (χ0v) is 21.3. The number of aliphatic hydroxyl groups is 1. The topological polar surface area (TPSA) is 117 Å². The first-order chi connectivity index (χ1) is 16.8. The first kappa shape index (κ1) is 26.0. The number of nitrogens with one attached hydrogen (secondary N) is 2. The van der Waals surface area contributed by atoms with Gasteiger partial charge in [0.2, 0.25) is 5.91 Å². The maximum atomic E-state index is 13.0. The van der Waals surface area contributed by atoms with E-state index in [1.807, 2.05) is 6.92 Å². The third kappa shape index (κ3) is 5.84. The van der Waals surface area contributed by atoms with Crippen molar-refractivity contribution >= 4 is 11.8 Å². The Kier molecular flexibility index (Phi) is 8.39. The zero-order chi connectivity index (χ0) is 25.0. The summed E-state index contributed by atoms with van der Waals surface area (Å²) in [4.78, 5) is 36.1. The van der Waals surface area contributed by atoms with Crippen molar-refractivity contribution in [2.45, 2.75) is 58.6 Å². The van der Waals surface area contributed by atoms with E-state index in [4.69, 9.17) is 4.74 Å². The first-order valence-corrected chi connectivity index (χ1v) is 13.1. The Morgan fingerprint density at radius 3 is 2.71 bits per heavy atom. The molecule has 0 spiro atoms. The number of amides is 2. The molecule has 7 unspecified atom stereocenters. The van der Waals surface area contributed by atoms with Crippen LogP contribution in [0.3, 0.4) is 0 Å². The van der Waals surface area contributed by atoms with E-state index in [1.165, 1.54) is 12.4 Å². The van der Waals surface area contributed by atoms with Gasteiger partial charge in [-0.2, -0.15) is 0 Å². The van der Waals surface area contributed by atoms with Crippen LogP contribution in [0.4, 0.5) is 0 Å². The van der Waals surface area contributed by atoms with E-state index in [1.54, 1.807) is 6.20 Å². The smallest absolute Gasteiger partial charge is 0.271 e. The molecular weight excluding hydrogens is 446 g/mol. The van der Waals surface area contributed by atoms with Gasteiger partial charge in [0.05, 0.1) is 25.5 Å².